The fourth-order valence-corrected chi connectivity index (χ4v) is 3.56. The van der Waals surface area contributed by atoms with Crippen molar-refractivity contribution in [2.75, 3.05) is 26.4 Å². The van der Waals surface area contributed by atoms with Gasteiger partial charge in [0, 0.05) is 6.42 Å². The molecule has 2 aliphatic rings. The van der Waals surface area contributed by atoms with E-state index in [1.807, 2.05) is 25.1 Å². The van der Waals surface area contributed by atoms with Crippen LogP contribution in [0.5, 0.6) is 23.0 Å². The van der Waals surface area contributed by atoms with Gasteiger partial charge in [0.15, 0.2) is 23.0 Å². The monoisotopic (exact) mass is 403 g/mol. The smallest absolute Gasteiger partial charge is 0.224 e. The molecule has 0 aromatic heterocycles. The number of benzene rings is 2. The first kappa shape index (κ1) is 18.7. The van der Waals surface area contributed by atoms with Gasteiger partial charge < -0.3 is 24.3 Å². The van der Waals surface area contributed by atoms with Crippen molar-refractivity contribution in [2.24, 2.45) is 0 Å². The van der Waals surface area contributed by atoms with Crippen molar-refractivity contribution in [1.82, 2.24) is 5.32 Å². The van der Waals surface area contributed by atoms with E-state index in [2.05, 4.69) is 5.32 Å². The number of hydrogen-bond donors (Lipinski definition) is 1. The van der Waals surface area contributed by atoms with Crippen molar-refractivity contribution in [3.8, 4) is 23.0 Å². The van der Waals surface area contributed by atoms with E-state index in [0.717, 1.165) is 29.0 Å². The summed E-state index contributed by atoms with van der Waals surface area (Å²) in [4.78, 5) is 12.5. The van der Waals surface area contributed by atoms with E-state index in [-0.39, 0.29) is 18.4 Å². The molecule has 2 aromatic carbocycles. The lowest BCUT2D eigenvalue weighted by atomic mass is 10.1. The first-order chi connectivity index (χ1) is 13.6. The van der Waals surface area contributed by atoms with E-state index in [9.17, 15) is 4.79 Å². The number of carbonyl (C=O) groups is 1. The van der Waals surface area contributed by atoms with Crippen LogP contribution in [0.1, 0.15) is 30.5 Å². The molecule has 0 saturated carbocycles. The van der Waals surface area contributed by atoms with Crippen molar-refractivity contribution in [1.29, 1.82) is 0 Å². The van der Waals surface area contributed by atoms with Crippen LogP contribution in [0.4, 0.5) is 0 Å². The number of halogens is 1. The standard InChI is InChI=1S/C21H22ClNO5/c1-13(15-3-4-17-18(12-15)26-6-2-5-25-17)23-20(24)11-14-9-16(22)21-19(10-14)27-7-8-28-21/h3-4,9-10,12-13H,2,5-8,11H2,1H3,(H,23,24). The van der Waals surface area contributed by atoms with Gasteiger partial charge in [-0.2, -0.15) is 0 Å². The lowest BCUT2D eigenvalue weighted by Crippen LogP contribution is -2.28. The second kappa shape index (κ2) is 8.19. The summed E-state index contributed by atoms with van der Waals surface area (Å²) >= 11 is 6.25. The molecule has 1 amide bonds. The Hall–Kier alpha value is -2.60. The molecule has 0 bridgehead atoms. The zero-order valence-electron chi connectivity index (χ0n) is 15.6. The summed E-state index contributed by atoms with van der Waals surface area (Å²) in [5.74, 6) is 2.47. The maximum Gasteiger partial charge on any atom is 0.224 e. The highest BCUT2D eigenvalue weighted by Crippen LogP contribution is 2.38. The third kappa shape index (κ3) is 4.12. The molecular formula is C21H22ClNO5. The SMILES string of the molecule is CC(NC(=O)Cc1cc(Cl)c2c(c1)OCCO2)c1ccc2c(c1)OCCCO2. The van der Waals surface area contributed by atoms with E-state index in [1.165, 1.54) is 0 Å². The zero-order valence-corrected chi connectivity index (χ0v) is 16.4. The van der Waals surface area contributed by atoms with Crippen LogP contribution >= 0.6 is 11.6 Å². The molecule has 0 radical (unpaired) electrons. The molecule has 0 saturated heterocycles. The molecular weight excluding hydrogens is 382 g/mol. The second-order valence-electron chi connectivity index (χ2n) is 6.82. The molecule has 1 N–H and O–H groups in total. The molecule has 2 aromatic rings. The van der Waals surface area contributed by atoms with Gasteiger partial charge in [-0.15, -0.1) is 0 Å². The van der Waals surface area contributed by atoms with Gasteiger partial charge in [-0.3, -0.25) is 4.79 Å². The number of amides is 1. The molecule has 1 unspecified atom stereocenters. The topological polar surface area (TPSA) is 66.0 Å². The summed E-state index contributed by atoms with van der Waals surface area (Å²) in [5.41, 5.74) is 1.73. The lowest BCUT2D eigenvalue weighted by molar-refractivity contribution is -0.121. The first-order valence-corrected chi connectivity index (χ1v) is 9.75. The van der Waals surface area contributed by atoms with E-state index in [0.29, 0.717) is 42.9 Å². The Morgan fingerprint density at radius 3 is 2.61 bits per heavy atom. The Morgan fingerprint density at radius 2 is 1.75 bits per heavy atom. The van der Waals surface area contributed by atoms with E-state index < -0.39 is 0 Å². The summed E-state index contributed by atoms with van der Waals surface area (Å²) in [7, 11) is 0. The summed E-state index contributed by atoms with van der Waals surface area (Å²) in [6.45, 7) is 4.16. The quantitative estimate of drug-likeness (QED) is 0.843. The molecule has 4 rings (SSSR count). The Kier molecular flexibility index (Phi) is 5.48. The third-order valence-electron chi connectivity index (χ3n) is 4.67. The Bertz CT molecular complexity index is 885. The second-order valence-corrected chi connectivity index (χ2v) is 7.23. The van der Waals surface area contributed by atoms with Crippen molar-refractivity contribution >= 4 is 17.5 Å². The van der Waals surface area contributed by atoms with Crippen molar-refractivity contribution in [3.05, 3.63) is 46.5 Å². The molecule has 148 valence electrons. The number of rotatable bonds is 4. The Balaban J connectivity index is 1.42. The summed E-state index contributed by atoms with van der Waals surface area (Å²) < 4.78 is 22.5. The van der Waals surface area contributed by atoms with Crippen molar-refractivity contribution in [2.45, 2.75) is 25.8 Å². The molecule has 6 nitrogen and oxygen atoms in total. The highest BCUT2D eigenvalue weighted by atomic mass is 35.5. The molecule has 28 heavy (non-hydrogen) atoms. The molecule has 2 heterocycles. The maximum atomic E-state index is 12.5. The highest BCUT2D eigenvalue weighted by molar-refractivity contribution is 6.32. The number of fused-ring (bicyclic) bond motifs is 2. The zero-order chi connectivity index (χ0) is 19.5. The minimum atomic E-state index is -0.169. The van der Waals surface area contributed by atoms with Crippen LogP contribution in [0.2, 0.25) is 5.02 Å². The summed E-state index contributed by atoms with van der Waals surface area (Å²) in [6, 6.07) is 9.13. The van der Waals surface area contributed by atoms with Gasteiger partial charge in [-0.25, -0.2) is 0 Å². The maximum absolute atomic E-state index is 12.5. The molecule has 0 aliphatic carbocycles. The van der Waals surface area contributed by atoms with Gasteiger partial charge >= 0.3 is 0 Å². The van der Waals surface area contributed by atoms with Crippen LogP contribution in [0.25, 0.3) is 0 Å². The Morgan fingerprint density at radius 1 is 1.00 bits per heavy atom. The minimum Gasteiger partial charge on any atom is -0.490 e. The van der Waals surface area contributed by atoms with Gasteiger partial charge in [0.2, 0.25) is 5.91 Å². The van der Waals surface area contributed by atoms with Crippen LogP contribution < -0.4 is 24.3 Å². The lowest BCUT2D eigenvalue weighted by Gasteiger charge is -2.20. The van der Waals surface area contributed by atoms with Gasteiger partial charge in [0.25, 0.3) is 0 Å². The summed E-state index contributed by atoms with van der Waals surface area (Å²) in [6.07, 6.45) is 1.06. The predicted octanol–water partition coefficient (Wildman–Crippen LogP) is 3.69. The van der Waals surface area contributed by atoms with E-state index >= 15 is 0 Å². The Labute approximate surface area is 168 Å². The molecule has 2 aliphatic heterocycles. The van der Waals surface area contributed by atoms with E-state index in [1.54, 1.807) is 12.1 Å². The van der Waals surface area contributed by atoms with Gasteiger partial charge in [-0.05, 0) is 42.3 Å². The average molecular weight is 404 g/mol. The first-order valence-electron chi connectivity index (χ1n) is 9.37. The average Bonchev–Trinajstić information content (AvgIpc) is 2.92. The fourth-order valence-electron chi connectivity index (χ4n) is 3.28. The largest absolute Gasteiger partial charge is 0.490 e. The highest BCUT2D eigenvalue weighted by Gasteiger charge is 2.19. The van der Waals surface area contributed by atoms with Gasteiger partial charge in [-0.1, -0.05) is 17.7 Å². The minimum absolute atomic E-state index is 0.104. The molecule has 7 heteroatoms. The number of nitrogens with one attached hydrogen (secondary N) is 1. The molecule has 0 spiro atoms. The molecule has 1 atom stereocenters. The summed E-state index contributed by atoms with van der Waals surface area (Å²) in [5, 5.41) is 3.47. The number of ether oxygens (including phenoxy) is 4. The number of carbonyl (C=O) groups excluding carboxylic acids is 1. The van der Waals surface area contributed by atoms with E-state index in [4.69, 9.17) is 30.5 Å². The van der Waals surface area contributed by atoms with Gasteiger partial charge in [0.05, 0.1) is 30.7 Å². The van der Waals surface area contributed by atoms with Crippen molar-refractivity contribution < 1.29 is 23.7 Å². The fraction of sp³-hybridized carbons (Fsp3) is 0.381. The van der Waals surface area contributed by atoms with Crippen LogP contribution in [0.15, 0.2) is 30.3 Å². The number of hydrogen-bond acceptors (Lipinski definition) is 5. The van der Waals surface area contributed by atoms with Crippen molar-refractivity contribution in [3.63, 3.8) is 0 Å². The third-order valence-corrected chi connectivity index (χ3v) is 4.95. The van der Waals surface area contributed by atoms with Crippen LogP contribution in [-0.2, 0) is 11.2 Å². The van der Waals surface area contributed by atoms with Crippen LogP contribution in [-0.4, -0.2) is 32.3 Å². The normalized spacial score (nSPS) is 16.1. The van der Waals surface area contributed by atoms with Crippen LogP contribution in [0, 0.1) is 0 Å². The molecule has 0 fully saturated rings. The predicted molar refractivity (Wildman–Crippen MR) is 105 cm³/mol. The van der Waals surface area contributed by atoms with Crippen LogP contribution in [0.3, 0.4) is 0 Å². The van der Waals surface area contributed by atoms with Gasteiger partial charge in [0.1, 0.15) is 13.2 Å².